The van der Waals surface area contributed by atoms with Gasteiger partial charge in [0.05, 0.1) is 5.69 Å². The molecule has 1 atom stereocenters. The molecule has 3 nitrogen and oxygen atoms in total. The highest BCUT2D eigenvalue weighted by atomic mass is 15.2. The number of rotatable bonds is 4. The molecule has 90 valence electrons. The minimum Gasteiger partial charge on any atom is -0.368 e. The van der Waals surface area contributed by atoms with Gasteiger partial charge in [-0.25, -0.2) is 0 Å². The number of anilines is 1. The van der Waals surface area contributed by atoms with Crippen LogP contribution in [0.25, 0.3) is 10.8 Å². The van der Waals surface area contributed by atoms with E-state index in [4.69, 9.17) is 0 Å². The SMILES string of the molecule is CCC(C)CNc1nnc(C)c2ccccc12. The summed E-state index contributed by atoms with van der Waals surface area (Å²) in [6, 6.07) is 8.26. The quantitative estimate of drug-likeness (QED) is 0.873. The second-order valence-corrected chi connectivity index (χ2v) is 4.57. The van der Waals surface area contributed by atoms with Crippen molar-refractivity contribution in [2.45, 2.75) is 27.2 Å². The number of benzene rings is 1. The molecule has 0 aliphatic carbocycles. The average Bonchev–Trinajstić information content (AvgIpc) is 2.38. The normalized spacial score (nSPS) is 12.6. The summed E-state index contributed by atoms with van der Waals surface area (Å²) in [6.07, 6.45) is 1.17. The molecule has 2 rings (SSSR count). The Morgan fingerprint density at radius 3 is 2.59 bits per heavy atom. The molecule has 2 aromatic rings. The van der Waals surface area contributed by atoms with E-state index in [0.717, 1.165) is 23.4 Å². The Hall–Kier alpha value is -1.64. The first-order chi connectivity index (χ1) is 8.22. The maximum atomic E-state index is 4.25. The van der Waals surface area contributed by atoms with Crippen LogP contribution < -0.4 is 5.32 Å². The van der Waals surface area contributed by atoms with Crippen molar-refractivity contribution >= 4 is 16.6 Å². The monoisotopic (exact) mass is 229 g/mol. The third-order valence-electron chi connectivity index (χ3n) is 3.19. The summed E-state index contributed by atoms with van der Waals surface area (Å²) in [5, 5.41) is 14.2. The molecule has 1 aromatic heterocycles. The van der Waals surface area contributed by atoms with E-state index < -0.39 is 0 Å². The van der Waals surface area contributed by atoms with Gasteiger partial charge in [-0.1, -0.05) is 44.5 Å². The van der Waals surface area contributed by atoms with E-state index in [-0.39, 0.29) is 0 Å². The van der Waals surface area contributed by atoms with Crippen LogP contribution >= 0.6 is 0 Å². The highest BCUT2D eigenvalue weighted by molar-refractivity contribution is 5.92. The zero-order valence-corrected chi connectivity index (χ0v) is 10.7. The van der Waals surface area contributed by atoms with Crippen LogP contribution in [0.5, 0.6) is 0 Å². The van der Waals surface area contributed by atoms with Crippen molar-refractivity contribution in [3.05, 3.63) is 30.0 Å². The second-order valence-electron chi connectivity index (χ2n) is 4.57. The third kappa shape index (κ3) is 2.54. The Morgan fingerprint density at radius 2 is 1.88 bits per heavy atom. The van der Waals surface area contributed by atoms with Gasteiger partial charge in [0.2, 0.25) is 0 Å². The number of nitrogens with one attached hydrogen (secondary N) is 1. The van der Waals surface area contributed by atoms with Crippen molar-refractivity contribution in [1.82, 2.24) is 10.2 Å². The van der Waals surface area contributed by atoms with E-state index >= 15 is 0 Å². The van der Waals surface area contributed by atoms with Crippen molar-refractivity contribution in [2.75, 3.05) is 11.9 Å². The Bertz CT molecular complexity index is 508. The standard InChI is InChI=1S/C14H19N3/c1-4-10(2)9-15-14-13-8-6-5-7-12(13)11(3)16-17-14/h5-8,10H,4,9H2,1-3H3,(H,15,17). The van der Waals surface area contributed by atoms with Gasteiger partial charge in [-0.05, 0) is 12.8 Å². The zero-order chi connectivity index (χ0) is 12.3. The number of aryl methyl sites for hydroxylation is 1. The van der Waals surface area contributed by atoms with Crippen molar-refractivity contribution < 1.29 is 0 Å². The lowest BCUT2D eigenvalue weighted by molar-refractivity contribution is 0.592. The van der Waals surface area contributed by atoms with Crippen LogP contribution in [0.1, 0.15) is 26.0 Å². The highest BCUT2D eigenvalue weighted by Gasteiger charge is 2.06. The summed E-state index contributed by atoms with van der Waals surface area (Å²) in [5.41, 5.74) is 0.981. The average molecular weight is 229 g/mol. The van der Waals surface area contributed by atoms with E-state index in [2.05, 4.69) is 41.5 Å². The van der Waals surface area contributed by atoms with E-state index in [1.165, 1.54) is 11.8 Å². The fraction of sp³-hybridized carbons (Fsp3) is 0.429. The Balaban J connectivity index is 2.32. The van der Waals surface area contributed by atoms with E-state index in [9.17, 15) is 0 Å². The van der Waals surface area contributed by atoms with Crippen molar-refractivity contribution in [3.63, 3.8) is 0 Å². The fourth-order valence-corrected chi connectivity index (χ4v) is 1.78. The van der Waals surface area contributed by atoms with Gasteiger partial charge in [0, 0.05) is 17.3 Å². The predicted octanol–water partition coefficient (Wildman–Crippen LogP) is 3.40. The third-order valence-corrected chi connectivity index (χ3v) is 3.19. The molecular formula is C14H19N3. The molecule has 1 heterocycles. The number of hydrogen-bond acceptors (Lipinski definition) is 3. The van der Waals surface area contributed by atoms with Crippen molar-refractivity contribution in [3.8, 4) is 0 Å². The maximum absolute atomic E-state index is 4.25. The van der Waals surface area contributed by atoms with Crippen LogP contribution in [-0.4, -0.2) is 16.7 Å². The number of nitrogens with zero attached hydrogens (tertiary/aromatic N) is 2. The molecule has 0 amide bonds. The van der Waals surface area contributed by atoms with Gasteiger partial charge < -0.3 is 5.32 Å². The van der Waals surface area contributed by atoms with Crippen LogP contribution in [0.15, 0.2) is 24.3 Å². The first-order valence-corrected chi connectivity index (χ1v) is 6.18. The molecule has 17 heavy (non-hydrogen) atoms. The molecule has 0 saturated carbocycles. The molecule has 1 unspecified atom stereocenters. The molecule has 0 bridgehead atoms. The molecule has 1 N–H and O–H groups in total. The van der Waals surface area contributed by atoms with Gasteiger partial charge >= 0.3 is 0 Å². The van der Waals surface area contributed by atoms with Gasteiger partial charge in [0.15, 0.2) is 5.82 Å². The molecule has 3 heteroatoms. The highest BCUT2D eigenvalue weighted by Crippen LogP contribution is 2.22. The fourth-order valence-electron chi connectivity index (χ4n) is 1.78. The molecule has 0 aliphatic rings. The number of hydrogen-bond donors (Lipinski definition) is 1. The number of fused-ring (bicyclic) bond motifs is 1. The summed E-state index contributed by atoms with van der Waals surface area (Å²) in [6.45, 7) is 7.37. The van der Waals surface area contributed by atoms with Crippen LogP contribution in [0.3, 0.4) is 0 Å². The lowest BCUT2D eigenvalue weighted by Crippen LogP contribution is -2.12. The van der Waals surface area contributed by atoms with Crippen LogP contribution in [0.2, 0.25) is 0 Å². The molecule has 0 fully saturated rings. The summed E-state index contributed by atoms with van der Waals surface area (Å²) in [5.74, 6) is 1.54. The second kappa shape index (κ2) is 5.13. The van der Waals surface area contributed by atoms with Gasteiger partial charge in [0.1, 0.15) is 0 Å². The summed E-state index contributed by atoms with van der Waals surface area (Å²) in [4.78, 5) is 0. The van der Waals surface area contributed by atoms with E-state index in [1.807, 2.05) is 19.1 Å². The summed E-state index contributed by atoms with van der Waals surface area (Å²) in [7, 11) is 0. The van der Waals surface area contributed by atoms with E-state index in [1.54, 1.807) is 0 Å². The van der Waals surface area contributed by atoms with Gasteiger partial charge in [-0.3, -0.25) is 0 Å². The largest absolute Gasteiger partial charge is 0.368 e. The van der Waals surface area contributed by atoms with Crippen molar-refractivity contribution in [1.29, 1.82) is 0 Å². The van der Waals surface area contributed by atoms with Gasteiger partial charge in [0.25, 0.3) is 0 Å². The van der Waals surface area contributed by atoms with E-state index in [0.29, 0.717) is 5.92 Å². The molecule has 0 aliphatic heterocycles. The minimum absolute atomic E-state index is 0.650. The molecule has 0 spiro atoms. The first-order valence-electron chi connectivity index (χ1n) is 6.18. The molecular weight excluding hydrogens is 210 g/mol. The Labute approximate surface area is 102 Å². The Morgan fingerprint density at radius 1 is 1.18 bits per heavy atom. The Kier molecular flexibility index (Phi) is 3.57. The minimum atomic E-state index is 0.650. The lowest BCUT2D eigenvalue weighted by atomic mass is 10.1. The van der Waals surface area contributed by atoms with Crippen LogP contribution in [0, 0.1) is 12.8 Å². The summed E-state index contributed by atoms with van der Waals surface area (Å²) >= 11 is 0. The lowest BCUT2D eigenvalue weighted by Gasteiger charge is -2.12. The topological polar surface area (TPSA) is 37.8 Å². The van der Waals surface area contributed by atoms with Crippen LogP contribution in [0.4, 0.5) is 5.82 Å². The van der Waals surface area contributed by atoms with Crippen LogP contribution in [-0.2, 0) is 0 Å². The zero-order valence-electron chi connectivity index (χ0n) is 10.7. The van der Waals surface area contributed by atoms with Gasteiger partial charge in [-0.15, -0.1) is 5.10 Å². The summed E-state index contributed by atoms with van der Waals surface area (Å²) < 4.78 is 0. The number of aromatic nitrogens is 2. The molecule has 0 saturated heterocycles. The van der Waals surface area contributed by atoms with Crippen molar-refractivity contribution in [2.24, 2.45) is 5.92 Å². The van der Waals surface area contributed by atoms with Gasteiger partial charge in [-0.2, -0.15) is 5.10 Å². The molecule has 1 aromatic carbocycles. The predicted molar refractivity (Wildman–Crippen MR) is 72.2 cm³/mol. The smallest absolute Gasteiger partial charge is 0.156 e. The first kappa shape index (κ1) is 11.8. The molecule has 0 radical (unpaired) electrons. The maximum Gasteiger partial charge on any atom is 0.156 e.